The van der Waals surface area contributed by atoms with Crippen molar-refractivity contribution in [2.75, 3.05) is 14.1 Å². The fourth-order valence-electron chi connectivity index (χ4n) is 3.01. The Morgan fingerprint density at radius 1 is 1.05 bits per heavy atom. The minimum absolute atomic E-state index is 0.366. The fraction of sp³-hybridized carbons (Fsp3) is 0.471. The van der Waals surface area contributed by atoms with Gasteiger partial charge in [0.25, 0.3) is 0 Å². The molecule has 0 N–H and O–H groups in total. The Morgan fingerprint density at radius 2 is 1.85 bits per heavy atom. The van der Waals surface area contributed by atoms with E-state index in [1.807, 2.05) is 18.5 Å². The quantitative estimate of drug-likeness (QED) is 0.853. The van der Waals surface area contributed by atoms with Gasteiger partial charge in [-0.1, -0.05) is 0 Å². The predicted octanol–water partition coefficient (Wildman–Crippen LogP) is 3.49. The van der Waals surface area contributed by atoms with Gasteiger partial charge in [-0.2, -0.15) is 0 Å². The lowest BCUT2D eigenvalue weighted by Crippen LogP contribution is -2.35. The van der Waals surface area contributed by atoms with Gasteiger partial charge in [0.05, 0.1) is 6.10 Å². The molecule has 0 amide bonds. The van der Waals surface area contributed by atoms with E-state index >= 15 is 0 Å². The van der Waals surface area contributed by atoms with Crippen LogP contribution in [0.25, 0.3) is 10.8 Å². The number of ether oxygens (including phenoxy) is 1. The Bertz CT molecular complexity index is 574. The van der Waals surface area contributed by atoms with Crippen molar-refractivity contribution >= 4 is 10.8 Å². The van der Waals surface area contributed by atoms with Crippen LogP contribution in [0.4, 0.5) is 0 Å². The maximum Gasteiger partial charge on any atom is 0.120 e. The molecule has 0 radical (unpaired) electrons. The summed E-state index contributed by atoms with van der Waals surface area (Å²) in [5.74, 6) is 0.983. The van der Waals surface area contributed by atoms with E-state index in [1.165, 1.54) is 18.2 Å². The maximum absolute atomic E-state index is 6.15. The lowest BCUT2D eigenvalue weighted by atomic mass is 9.92. The number of benzene rings is 1. The Morgan fingerprint density at radius 3 is 2.60 bits per heavy atom. The number of aromatic nitrogens is 1. The first-order chi connectivity index (χ1) is 9.72. The molecule has 0 saturated heterocycles. The highest BCUT2D eigenvalue weighted by atomic mass is 16.5. The van der Waals surface area contributed by atoms with Gasteiger partial charge in [-0.25, -0.2) is 0 Å². The molecule has 1 aromatic carbocycles. The van der Waals surface area contributed by atoms with Gasteiger partial charge >= 0.3 is 0 Å². The summed E-state index contributed by atoms with van der Waals surface area (Å²) in [6.07, 6.45) is 8.85. The van der Waals surface area contributed by atoms with E-state index in [1.54, 1.807) is 0 Å². The summed E-state index contributed by atoms with van der Waals surface area (Å²) < 4.78 is 6.15. The predicted molar refractivity (Wildman–Crippen MR) is 82.1 cm³/mol. The van der Waals surface area contributed by atoms with Gasteiger partial charge in [0, 0.05) is 23.8 Å². The van der Waals surface area contributed by atoms with Gasteiger partial charge in [-0.15, -0.1) is 0 Å². The second kappa shape index (κ2) is 5.80. The third-order valence-electron chi connectivity index (χ3n) is 4.29. The first kappa shape index (κ1) is 13.4. The molecule has 3 rings (SSSR count). The Hall–Kier alpha value is -1.61. The highest BCUT2D eigenvalue weighted by molar-refractivity contribution is 5.82. The maximum atomic E-state index is 6.15. The molecule has 0 spiro atoms. The summed E-state index contributed by atoms with van der Waals surface area (Å²) in [5.41, 5.74) is 0. The van der Waals surface area contributed by atoms with E-state index in [0.29, 0.717) is 6.10 Å². The molecule has 0 atom stereocenters. The lowest BCUT2D eigenvalue weighted by molar-refractivity contribution is 0.111. The molecular weight excluding hydrogens is 248 g/mol. The van der Waals surface area contributed by atoms with Crippen molar-refractivity contribution in [2.24, 2.45) is 0 Å². The highest BCUT2D eigenvalue weighted by Gasteiger charge is 2.23. The molecule has 20 heavy (non-hydrogen) atoms. The molecule has 0 bridgehead atoms. The largest absolute Gasteiger partial charge is 0.490 e. The van der Waals surface area contributed by atoms with E-state index < -0.39 is 0 Å². The zero-order chi connectivity index (χ0) is 13.9. The molecule has 1 saturated carbocycles. The van der Waals surface area contributed by atoms with E-state index in [-0.39, 0.29) is 0 Å². The van der Waals surface area contributed by atoms with Crippen LogP contribution in [0.3, 0.4) is 0 Å². The molecule has 2 aromatic rings. The molecular formula is C17H22N2O. The molecule has 3 nitrogen and oxygen atoms in total. The third kappa shape index (κ3) is 2.93. The third-order valence-corrected chi connectivity index (χ3v) is 4.29. The van der Waals surface area contributed by atoms with E-state index in [0.717, 1.165) is 30.0 Å². The van der Waals surface area contributed by atoms with Crippen LogP contribution < -0.4 is 4.74 Å². The van der Waals surface area contributed by atoms with Gasteiger partial charge in [-0.3, -0.25) is 4.98 Å². The highest BCUT2D eigenvalue weighted by Crippen LogP contribution is 2.27. The van der Waals surface area contributed by atoms with Crippen molar-refractivity contribution in [3.8, 4) is 5.75 Å². The number of rotatable bonds is 3. The molecule has 1 aromatic heterocycles. The average Bonchev–Trinajstić information content (AvgIpc) is 2.48. The van der Waals surface area contributed by atoms with Crippen molar-refractivity contribution in [3.05, 3.63) is 36.7 Å². The standard InChI is InChI=1S/C17H22N2O/c1-19(2)15-4-7-16(8-5-15)20-17-6-3-14-12-18-10-9-13(14)11-17/h3,6,9-12,15-16H,4-5,7-8H2,1-2H3/t15-,16-. The summed E-state index contributed by atoms with van der Waals surface area (Å²) in [6, 6.07) is 9.02. The van der Waals surface area contributed by atoms with Crippen LogP contribution in [0.15, 0.2) is 36.7 Å². The fourth-order valence-corrected chi connectivity index (χ4v) is 3.01. The second-order valence-corrected chi connectivity index (χ2v) is 5.90. The number of nitrogens with zero attached hydrogens (tertiary/aromatic N) is 2. The molecule has 1 fully saturated rings. The van der Waals surface area contributed by atoms with Gasteiger partial charge < -0.3 is 9.64 Å². The summed E-state index contributed by atoms with van der Waals surface area (Å²) in [6.45, 7) is 0. The number of fused-ring (bicyclic) bond motifs is 1. The van der Waals surface area contributed by atoms with Gasteiger partial charge in [-0.05, 0) is 69.4 Å². The van der Waals surface area contributed by atoms with Crippen LogP contribution in [0, 0.1) is 0 Å². The van der Waals surface area contributed by atoms with Gasteiger partial charge in [0.15, 0.2) is 0 Å². The van der Waals surface area contributed by atoms with E-state index in [9.17, 15) is 0 Å². The van der Waals surface area contributed by atoms with Crippen molar-refractivity contribution in [1.29, 1.82) is 0 Å². The Balaban J connectivity index is 1.65. The molecule has 0 unspecified atom stereocenters. The van der Waals surface area contributed by atoms with Gasteiger partial charge in [0.1, 0.15) is 5.75 Å². The van der Waals surface area contributed by atoms with Crippen LogP contribution >= 0.6 is 0 Å². The summed E-state index contributed by atoms with van der Waals surface area (Å²) in [7, 11) is 4.34. The first-order valence-electron chi connectivity index (χ1n) is 7.39. The topological polar surface area (TPSA) is 25.4 Å². The zero-order valence-corrected chi connectivity index (χ0v) is 12.2. The van der Waals surface area contributed by atoms with Crippen molar-refractivity contribution < 1.29 is 4.74 Å². The Labute approximate surface area is 120 Å². The van der Waals surface area contributed by atoms with Crippen LogP contribution in [0.2, 0.25) is 0 Å². The minimum atomic E-state index is 0.366. The molecule has 3 heteroatoms. The number of hydrogen-bond acceptors (Lipinski definition) is 3. The summed E-state index contributed by atoms with van der Waals surface area (Å²) >= 11 is 0. The molecule has 1 heterocycles. The van der Waals surface area contributed by atoms with Crippen LogP contribution in [0.5, 0.6) is 5.75 Å². The molecule has 1 aliphatic rings. The van der Waals surface area contributed by atoms with Crippen LogP contribution in [-0.2, 0) is 0 Å². The van der Waals surface area contributed by atoms with Crippen molar-refractivity contribution in [2.45, 2.75) is 37.8 Å². The lowest BCUT2D eigenvalue weighted by Gasteiger charge is -2.32. The number of pyridine rings is 1. The first-order valence-corrected chi connectivity index (χ1v) is 7.39. The summed E-state index contributed by atoms with van der Waals surface area (Å²) in [4.78, 5) is 6.47. The van der Waals surface area contributed by atoms with E-state index in [2.05, 4.69) is 42.2 Å². The SMILES string of the molecule is CN(C)[C@H]1CC[C@H](Oc2ccc3cnccc3c2)CC1. The van der Waals surface area contributed by atoms with Crippen LogP contribution in [0.1, 0.15) is 25.7 Å². The Kier molecular flexibility index (Phi) is 3.88. The minimum Gasteiger partial charge on any atom is -0.490 e. The monoisotopic (exact) mass is 270 g/mol. The molecule has 0 aliphatic heterocycles. The second-order valence-electron chi connectivity index (χ2n) is 5.90. The zero-order valence-electron chi connectivity index (χ0n) is 12.2. The van der Waals surface area contributed by atoms with Gasteiger partial charge in [0.2, 0.25) is 0 Å². The average molecular weight is 270 g/mol. The molecule has 1 aliphatic carbocycles. The summed E-state index contributed by atoms with van der Waals surface area (Å²) in [5, 5.41) is 2.36. The normalized spacial score (nSPS) is 23.1. The van der Waals surface area contributed by atoms with E-state index in [4.69, 9.17) is 4.74 Å². The van der Waals surface area contributed by atoms with Crippen LogP contribution in [-0.4, -0.2) is 36.1 Å². The smallest absolute Gasteiger partial charge is 0.120 e. The van der Waals surface area contributed by atoms with Crippen molar-refractivity contribution in [3.63, 3.8) is 0 Å². The number of hydrogen-bond donors (Lipinski definition) is 0. The van der Waals surface area contributed by atoms with Crippen molar-refractivity contribution in [1.82, 2.24) is 9.88 Å². The molecule has 106 valence electrons.